The van der Waals surface area contributed by atoms with Crippen LogP contribution in [0, 0.1) is 20.8 Å². The molecule has 3 heteroatoms. The number of hydrogen-bond donors (Lipinski definition) is 0. The van der Waals surface area contributed by atoms with E-state index in [2.05, 4.69) is 118 Å². The third kappa shape index (κ3) is 4.80. The van der Waals surface area contributed by atoms with E-state index in [0.717, 1.165) is 5.75 Å². The molecule has 168 valence electrons. The van der Waals surface area contributed by atoms with Crippen LogP contribution in [0.5, 0.6) is 5.75 Å². The molecule has 0 saturated heterocycles. The fourth-order valence-electron chi connectivity index (χ4n) is 4.45. The molecular formula is C30H32O2Si. The smallest absolute Gasteiger partial charge is 0.179 e. The highest BCUT2D eigenvalue weighted by Gasteiger charge is 2.41. The van der Waals surface area contributed by atoms with E-state index in [-0.39, 0.29) is 0 Å². The molecular weight excluding hydrogens is 420 g/mol. The monoisotopic (exact) mass is 452 g/mol. The van der Waals surface area contributed by atoms with Gasteiger partial charge in [-0.1, -0.05) is 102 Å². The molecule has 33 heavy (non-hydrogen) atoms. The molecule has 0 spiro atoms. The van der Waals surface area contributed by atoms with Crippen LogP contribution in [0.25, 0.3) is 0 Å². The van der Waals surface area contributed by atoms with Crippen molar-refractivity contribution in [1.82, 2.24) is 0 Å². The lowest BCUT2D eigenvalue weighted by Gasteiger charge is -2.34. The number of methoxy groups -OCH3 is 1. The van der Waals surface area contributed by atoms with E-state index >= 15 is 0 Å². The van der Waals surface area contributed by atoms with Crippen LogP contribution in [0.4, 0.5) is 0 Å². The highest BCUT2D eigenvalue weighted by molar-refractivity contribution is 7.19. The molecule has 0 atom stereocenters. The summed E-state index contributed by atoms with van der Waals surface area (Å²) in [6.45, 7) is 7.58. The van der Waals surface area contributed by atoms with Crippen molar-refractivity contribution in [1.29, 1.82) is 0 Å². The molecule has 0 heterocycles. The number of rotatable bonds is 8. The summed E-state index contributed by atoms with van der Waals surface area (Å²) in [7, 11) is -0.818. The van der Waals surface area contributed by atoms with Crippen molar-refractivity contribution in [2.45, 2.75) is 20.8 Å². The van der Waals surface area contributed by atoms with E-state index in [0.29, 0.717) is 13.2 Å². The SMILES string of the molecule is COCCOc1ccc([Si](c2ccc(C)cc2)(c2ccc(C)cc2)c2ccc(C)cc2)cc1. The van der Waals surface area contributed by atoms with Crippen LogP contribution in [0.15, 0.2) is 97.1 Å². The van der Waals surface area contributed by atoms with Crippen LogP contribution in [0.2, 0.25) is 0 Å². The van der Waals surface area contributed by atoms with Gasteiger partial charge in [0.25, 0.3) is 0 Å². The fourth-order valence-corrected chi connectivity index (χ4v) is 9.12. The molecule has 0 aliphatic rings. The molecule has 0 unspecified atom stereocenters. The Morgan fingerprint density at radius 2 is 0.818 bits per heavy atom. The second-order valence-corrected chi connectivity index (χ2v) is 12.5. The maximum absolute atomic E-state index is 5.87. The predicted molar refractivity (Wildman–Crippen MR) is 142 cm³/mol. The molecule has 4 aromatic rings. The Morgan fingerprint density at radius 1 is 0.485 bits per heavy atom. The van der Waals surface area contributed by atoms with Crippen molar-refractivity contribution in [3.8, 4) is 5.75 Å². The molecule has 0 bridgehead atoms. The van der Waals surface area contributed by atoms with Gasteiger partial charge in [0.15, 0.2) is 8.07 Å². The van der Waals surface area contributed by atoms with E-state index in [1.165, 1.54) is 37.4 Å². The maximum Gasteiger partial charge on any atom is 0.179 e. The molecule has 4 rings (SSSR count). The minimum absolute atomic E-state index is 0.548. The van der Waals surface area contributed by atoms with E-state index in [1.807, 2.05) is 0 Å². The molecule has 0 saturated carbocycles. The van der Waals surface area contributed by atoms with E-state index in [1.54, 1.807) is 7.11 Å². The largest absolute Gasteiger partial charge is 0.491 e. The van der Waals surface area contributed by atoms with Crippen LogP contribution in [0.1, 0.15) is 16.7 Å². The molecule has 0 N–H and O–H groups in total. The first-order valence-electron chi connectivity index (χ1n) is 11.5. The second kappa shape index (κ2) is 10.2. The Hall–Kier alpha value is -3.14. The maximum atomic E-state index is 5.87. The van der Waals surface area contributed by atoms with Gasteiger partial charge in [0.05, 0.1) is 6.61 Å². The minimum Gasteiger partial charge on any atom is -0.491 e. The number of ether oxygens (including phenoxy) is 2. The topological polar surface area (TPSA) is 18.5 Å². The summed E-state index contributed by atoms with van der Waals surface area (Å²) in [6, 6.07) is 36.1. The first kappa shape index (κ1) is 23.0. The van der Waals surface area contributed by atoms with E-state index in [4.69, 9.17) is 9.47 Å². The van der Waals surface area contributed by atoms with Gasteiger partial charge in [-0.3, -0.25) is 0 Å². The lowest BCUT2D eigenvalue weighted by atomic mass is 10.2. The summed E-state index contributed by atoms with van der Waals surface area (Å²) < 4.78 is 11.0. The zero-order valence-electron chi connectivity index (χ0n) is 20.0. The zero-order valence-corrected chi connectivity index (χ0v) is 21.0. The summed E-state index contributed by atoms with van der Waals surface area (Å²) in [5, 5.41) is 5.50. The number of hydrogen-bond acceptors (Lipinski definition) is 2. The van der Waals surface area contributed by atoms with Crippen molar-refractivity contribution in [3.05, 3.63) is 114 Å². The molecule has 2 nitrogen and oxygen atoms in total. The van der Waals surface area contributed by atoms with Crippen molar-refractivity contribution >= 4 is 28.8 Å². The Morgan fingerprint density at radius 3 is 1.15 bits per heavy atom. The minimum atomic E-state index is -2.51. The first-order chi connectivity index (χ1) is 16.0. The van der Waals surface area contributed by atoms with E-state index in [9.17, 15) is 0 Å². The summed E-state index contributed by atoms with van der Waals surface area (Å²) in [5.41, 5.74) is 3.82. The molecule has 0 radical (unpaired) electrons. The Bertz CT molecular complexity index is 1050. The van der Waals surface area contributed by atoms with Gasteiger partial charge in [0.2, 0.25) is 0 Å². The van der Waals surface area contributed by atoms with Crippen molar-refractivity contribution in [3.63, 3.8) is 0 Å². The van der Waals surface area contributed by atoms with E-state index < -0.39 is 8.07 Å². The Kier molecular flexibility index (Phi) is 7.12. The summed E-state index contributed by atoms with van der Waals surface area (Å²) in [4.78, 5) is 0. The first-order valence-corrected chi connectivity index (χ1v) is 13.5. The Labute approximate surface area is 198 Å². The van der Waals surface area contributed by atoms with Gasteiger partial charge in [0, 0.05) is 7.11 Å². The van der Waals surface area contributed by atoms with Gasteiger partial charge in [0.1, 0.15) is 12.4 Å². The van der Waals surface area contributed by atoms with Crippen LogP contribution in [0.3, 0.4) is 0 Å². The van der Waals surface area contributed by atoms with Crippen LogP contribution in [-0.4, -0.2) is 28.4 Å². The van der Waals surface area contributed by atoms with Gasteiger partial charge in [-0.05, 0) is 53.7 Å². The quantitative estimate of drug-likeness (QED) is 0.228. The van der Waals surface area contributed by atoms with Gasteiger partial charge in [-0.2, -0.15) is 0 Å². The van der Waals surface area contributed by atoms with Gasteiger partial charge in [-0.25, -0.2) is 0 Å². The summed E-state index contributed by atoms with van der Waals surface area (Å²) in [5.74, 6) is 0.871. The average Bonchev–Trinajstić information content (AvgIpc) is 2.84. The van der Waals surface area contributed by atoms with Crippen molar-refractivity contribution in [2.24, 2.45) is 0 Å². The lowest BCUT2D eigenvalue weighted by Crippen LogP contribution is -2.74. The Balaban J connectivity index is 1.95. The highest BCUT2D eigenvalue weighted by Crippen LogP contribution is 2.15. The van der Waals surface area contributed by atoms with Gasteiger partial charge < -0.3 is 9.47 Å². The fraction of sp³-hybridized carbons (Fsp3) is 0.200. The molecule has 0 aliphatic heterocycles. The van der Waals surface area contributed by atoms with Gasteiger partial charge in [-0.15, -0.1) is 0 Å². The summed E-state index contributed by atoms with van der Waals surface area (Å²) >= 11 is 0. The molecule has 0 amide bonds. The van der Waals surface area contributed by atoms with Crippen LogP contribution in [-0.2, 0) is 4.74 Å². The predicted octanol–water partition coefficient (Wildman–Crippen LogP) is 4.01. The lowest BCUT2D eigenvalue weighted by molar-refractivity contribution is 0.146. The van der Waals surface area contributed by atoms with Gasteiger partial charge >= 0.3 is 0 Å². The molecule has 0 aliphatic carbocycles. The molecule has 0 aromatic heterocycles. The average molecular weight is 453 g/mol. The zero-order chi connectivity index (χ0) is 23.3. The summed E-state index contributed by atoms with van der Waals surface area (Å²) in [6.07, 6.45) is 0. The molecule has 0 fully saturated rings. The van der Waals surface area contributed by atoms with Crippen molar-refractivity contribution < 1.29 is 9.47 Å². The third-order valence-electron chi connectivity index (χ3n) is 6.30. The second-order valence-electron chi connectivity index (χ2n) is 8.71. The number of benzene rings is 4. The number of aryl methyl sites for hydroxylation is 3. The van der Waals surface area contributed by atoms with Crippen LogP contribution >= 0.6 is 0 Å². The normalized spacial score (nSPS) is 11.4. The molecule has 4 aromatic carbocycles. The van der Waals surface area contributed by atoms with Crippen LogP contribution < -0.4 is 25.5 Å². The standard InChI is InChI=1S/C30H32O2Si/c1-23-5-13-27(14-6-23)33(28-15-7-24(2)8-16-28,29-17-9-25(3)10-18-29)30-19-11-26(12-20-30)32-22-21-31-4/h5-20H,21-22H2,1-4H3. The highest BCUT2D eigenvalue weighted by atomic mass is 28.3. The van der Waals surface area contributed by atoms with Crippen molar-refractivity contribution in [2.75, 3.05) is 20.3 Å². The third-order valence-corrected chi connectivity index (χ3v) is 11.1.